The normalized spacial score (nSPS) is 18.2. The van der Waals surface area contributed by atoms with Crippen LogP contribution in [0.15, 0.2) is 30.5 Å². The molecule has 3 heterocycles. The average Bonchev–Trinajstić information content (AvgIpc) is 2.55. The zero-order chi connectivity index (χ0) is 16.9. The fourth-order valence-corrected chi connectivity index (χ4v) is 1.84. The summed E-state index contributed by atoms with van der Waals surface area (Å²) in [7, 11) is 1.56. The van der Waals surface area contributed by atoms with E-state index in [0.717, 1.165) is 6.07 Å². The summed E-state index contributed by atoms with van der Waals surface area (Å²) in [5.41, 5.74) is 0.0640. The second-order valence-electron chi connectivity index (χ2n) is 3.82. The molecule has 5 nitrogen and oxygen atoms in total. The molecule has 0 radical (unpaired) electrons. The molecular formula is C13H12N4O. The Labute approximate surface area is 112 Å². The second kappa shape index (κ2) is 3.80. The van der Waals surface area contributed by atoms with Crippen LogP contribution in [-0.2, 0) is 0 Å². The molecule has 1 aliphatic heterocycles. The lowest BCUT2D eigenvalue weighted by atomic mass is 10.2. The quantitative estimate of drug-likeness (QED) is 0.772. The van der Waals surface area contributed by atoms with Crippen LogP contribution >= 0.6 is 0 Å². The molecule has 0 bridgehead atoms. The predicted molar refractivity (Wildman–Crippen MR) is 69.2 cm³/mol. The number of fused-ring (bicyclic) bond motifs is 2. The van der Waals surface area contributed by atoms with Crippen LogP contribution in [0.25, 0.3) is 0 Å². The van der Waals surface area contributed by atoms with Gasteiger partial charge in [0.15, 0.2) is 5.82 Å². The van der Waals surface area contributed by atoms with E-state index in [1.807, 2.05) is 0 Å². The van der Waals surface area contributed by atoms with Gasteiger partial charge in [0.05, 0.1) is 14.0 Å². The van der Waals surface area contributed by atoms with Crippen LogP contribution < -0.4 is 10.2 Å². The largest absolute Gasteiger partial charge is 0.318 e. The smallest absolute Gasteiger partial charge is 0.259 e. The zero-order valence-electron chi connectivity index (χ0n) is 14.5. The third-order valence-corrected chi connectivity index (χ3v) is 2.73. The lowest BCUT2D eigenvalue weighted by Crippen LogP contribution is -2.14. The Kier molecular flexibility index (Phi) is 1.37. The molecule has 5 heteroatoms. The summed E-state index contributed by atoms with van der Waals surface area (Å²) in [5.74, 6) is -0.250. The van der Waals surface area contributed by atoms with Crippen LogP contribution in [0.4, 0.5) is 17.3 Å². The topological polar surface area (TPSA) is 58.1 Å². The molecule has 0 aliphatic carbocycles. The Balaban J connectivity index is 2.31. The minimum atomic E-state index is -2.51. The molecule has 18 heavy (non-hydrogen) atoms. The van der Waals surface area contributed by atoms with E-state index < -0.39 is 12.8 Å². The summed E-state index contributed by atoms with van der Waals surface area (Å²) in [6.07, 6.45) is -0.272. The highest BCUT2D eigenvalue weighted by Crippen LogP contribution is 2.35. The van der Waals surface area contributed by atoms with Gasteiger partial charge in [-0.25, -0.2) is 9.97 Å². The summed E-state index contributed by atoms with van der Waals surface area (Å²) in [6, 6.07) is 3.93. The predicted octanol–water partition coefficient (Wildman–Crippen LogP) is 2.12. The van der Waals surface area contributed by atoms with Gasteiger partial charge in [-0.05, 0) is 30.6 Å². The van der Waals surface area contributed by atoms with Gasteiger partial charge >= 0.3 is 0 Å². The van der Waals surface area contributed by atoms with Crippen molar-refractivity contribution in [1.29, 1.82) is 0 Å². The van der Waals surface area contributed by atoms with Gasteiger partial charge in [0.1, 0.15) is 5.82 Å². The van der Waals surface area contributed by atoms with Crippen molar-refractivity contribution in [2.45, 2.75) is 6.85 Å². The van der Waals surface area contributed by atoms with E-state index in [1.54, 1.807) is 7.05 Å². The molecular weight excluding hydrogens is 228 g/mol. The molecule has 2 aromatic rings. The van der Waals surface area contributed by atoms with Crippen molar-refractivity contribution in [2.75, 3.05) is 17.3 Å². The highest BCUT2D eigenvalue weighted by molar-refractivity contribution is 6.11. The number of nitrogens with zero attached hydrogens (tertiary/aromatic N) is 3. The number of carbonyl (C=O) groups excluding carboxylic acids is 1. The maximum Gasteiger partial charge on any atom is 0.259 e. The highest BCUT2D eigenvalue weighted by atomic mass is 16.1. The standard InChI is InChI=1S/C13H12N4O/c1-8-5-7-15-12-10(8)16-13(18)9-4-3-6-14-11(9)17(12)2/h3-7H,1-2H3,(H,16,18)/i1D3,6D,7D. The van der Waals surface area contributed by atoms with Crippen molar-refractivity contribution in [3.05, 3.63) is 41.7 Å². The molecule has 0 saturated carbocycles. The average molecular weight is 245 g/mol. The van der Waals surface area contributed by atoms with E-state index in [4.69, 9.17) is 6.85 Å². The molecule has 1 aliphatic rings. The maximum atomic E-state index is 12.4. The fraction of sp³-hybridized carbons (Fsp3) is 0.154. The monoisotopic (exact) mass is 245 g/mol. The lowest BCUT2D eigenvalue weighted by Gasteiger charge is -2.18. The maximum absolute atomic E-state index is 12.4. The Hall–Kier alpha value is -2.43. The van der Waals surface area contributed by atoms with Crippen molar-refractivity contribution < 1.29 is 11.6 Å². The minimum absolute atomic E-state index is 0.0260. The first kappa shape index (κ1) is 6.49. The van der Waals surface area contributed by atoms with Gasteiger partial charge in [0.2, 0.25) is 0 Å². The summed E-state index contributed by atoms with van der Waals surface area (Å²) in [4.78, 5) is 21.8. The molecule has 90 valence electrons. The first-order valence-electron chi connectivity index (χ1n) is 7.73. The Morgan fingerprint density at radius 2 is 2.17 bits per heavy atom. The lowest BCUT2D eigenvalue weighted by molar-refractivity contribution is 0.102. The Morgan fingerprint density at radius 3 is 3.00 bits per heavy atom. The van der Waals surface area contributed by atoms with Crippen LogP contribution in [-0.4, -0.2) is 22.9 Å². The number of anilines is 3. The van der Waals surface area contributed by atoms with Gasteiger partial charge in [-0.3, -0.25) is 4.79 Å². The number of hydrogen-bond acceptors (Lipinski definition) is 4. The molecule has 0 spiro atoms. The van der Waals surface area contributed by atoms with E-state index in [2.05, 4.69) is 15.3 Å². The van der Waals surface area contributed by atoms with E-state index in [9.17, 15) is 4.79 Å². The Bertz CT molecular complexity index is 821. The number of pyridine rings is 2. The third-order valence-electron chi connectivity index (χ3n) is 2.73. The van der Waals surface area contributed by atoms with Crippen molar-refractivity contribution in [1.82, 2.24) is 9.97 Å². The van der Waals surface area contributed by atoms with E-state index in [1.165, 1.54) is 17.0 Å². The molecule has 3 rings (SSSR count). The van der Waals surface area contributed by atoms with Gasteiger partial charge in [0.25, 0.3) is 5.91 Å². The first-order chi connectivity index (χ1) is 10.7. The van der Waals surface area contributed by atoms with Crippen molar-refractivity contribution in [3.8, 4) is 0 Å². The van der Waals surface area contributed by atoms with Gasteiger partial charge in [-0.2, -0.15) is 0 Å². The summed E-state index contributed by atoms with van der Waals surface area (Å²) in [6.45, 7) is -2.51. The first-order valence-corrected chi connectivity index (χ1v) is 5.23. The van der Waals surface area contributed by atoms with Gasteiger partial charge in [-0.15, -0.1) is 0 Å². The third kappa shape index (κ3) is 1.44. The molecule has 0 saturated heterocycles. The van der Waals surface area contributed by atoms with E-state index >= 15 is 0 Å². The molecule has 1 N–H and O–H groups in total. The minimum Gasteiger partial charge on any atom is -0.318 e. The molecule has 1 amide bonds. The van der Waals surface area contributed by atoms with Gasteiger partial charge in [-0.1, -0.05) is 0 Å². The van der Waals surface area contributed by atoms with Gasteiger partial charge in [0, 0.05) is 23.5 Å². The number of rotatable bonds is 0. The number of nitrogens with one attached hydrogen (secondary N) is 1. The van der Waals surface area contributed by atoms with Crippen molar-refractivity contribution in [2.24, 2.45) is 0 Å². The molecule has 0 unspecified atom stereocenters. The van der Waals surface area contributed by atoms with E-state index in [0.29, 0.717) is 0 Å². The highest BCUT2D eigenvalue weighted by Gasteiger charge is 2.25. The number of hydrogen-bond donors (Lipinski definition) is 1. The summed E-state index contributed by atoms with van der Waals surface area (Å²) in [5, 5.41) is 2.54. The van der Waals surface area contributed by atoms with Crippen LogP contribution in [0, 0.1) is 6.85 Å². The van der Waals surface area contributed by atoms with E-state index in [-0.39, 0.29) is 40.8 Å². The number of amides is 1. The molecule has 0 atom stereocenters. The Morgan fingerprint density at radius 1 is 1.33 bits per heavy atom. The van der Waals surface area contributed by atoms with Crippen molar-refractivity contribution >= 4 is 23.2 Å². The van der Waals surface area contributed by atoms with Crippen LogP contribution in [0.3, 0.4) is 0 Å². The number of aryl methyl sites for hydroxylation is 1. The van der Waals surface area contributed by atoms with Crippen LogP contribution in [0.2, 0.25) is 0 Å². The molecule has 0 fully saturated rings. The van der Waals surface area contributed by atoms with Crippen molar-refractivity contribution in [3.63, 3.8) is 0 Å². The summed E-state index contributed by atoms with van der Waals surface area (Å²) < 4.78 is 38.2. The zero-order valence-corrected chi connectivity index (χ0v) is 9.48. The molecule has 2 aromatic heterocycles. The SMILES string of the molecule is [2H]c1ccc2c(n1)N(C)c1nc([2H])cc(C([2H])([2H])[2H])c1NC2=O. The fourth-order valence-electron chi connectivity index (χ4n) is 1.84. The van der Waals surface area contributed by atoms with Crippen LogP contribution in [0.1, 0.15) is 22.8 Å². The molecule has 0 aromatic carbocycles. The number of carbonyl (C=O) groups is 1. The second-order valence-corrected chi connectivity index (χ2v) is 3.82. The van der Waals surface area contributed by atoms with Gasteiger partial charge < -0.3 is 10.2 Å². The summed E-state index contributed by atoms with van der Waals surface area (Å²) >= 11 is 0. The van der Waals surface area contributed by atoms with Crippen LogP contribution in [0.5, 0.6) is 0 Å². The number of aromatic nitrogens is 2.